The first-order valence-corrected chi connectivity index (χ1v) is 9.65. The molecule has 150 valence electrons. The predicted molar refractivity (Wildman–Crippen MR) is 119 cm³/mol. The number of methoxy groups -OCH3 is 1. The second kappa shape index (κ2) is 10.7. The summed E-state index contributed by atoms with van der Waals surface area (Å²) >= 11 is 1.69. The summed E-state index contributed by atoms with van der Waals surface area (Å²) in [5, 5.41) is 6.69. The highest BCUT2D eigenvalue weighted by atomic mass is 35.5. The third-order valence-electron chi connectivity index (χ3n) is 4.66. The van der Waals surface area contributed by atoms with Gasteiger partial charge in [0.05, 0.1) is 12.8 Å². The van der Waals surface area contributed by atoms with Crippen LogP contribution in [0.5, 0.6) is 5.75 Å². The molecule has 28 heavy (non-hydrogen) atoms. The fraction of sp³-hybridized carbons (Fsp3) is 0.300. The maximum atomic E-state index is 5.32. The first kappa shape index (κ1) is 22.6. The van der Waals surface area contributed by atoms with Gasteiger partial charge in [0.1, 0.15) is 10.8 Å². The number of aromatic nitrogens is 2. The Bertz CT molecular complexity index is 862. The number of piperazine rings is 1. The minimum atomic E-state index is 0. The van der Waals surface area contributed by atoms with Crippen LogP contribution in [0, 0.1) is 0 Å². The molecule has 1 fully saturated rings. The van der Waals surface area contributed by atoms with Gasteiger partial charge < -0.3 is 10.1 Å². The zero-order valence-electron chi connectivity index (χ0n) is 15.6. The van der Waals surface area contributed by atoms with Crippen molar-refractivity contribution in [2.45, 2.75) is 12.6 Å². The molecule has 1 atom stereocenters. The van der Waals surface area contributed by atoms with E-state index in [1.54, 1.807) is 18.4 Å². The Morgan fingerprint density at radius 1 is 1.25 bits per heavy atom. The number of nitrogens with zero attached hydrogens (tertiary/aromatic N) is 3. The number of thiazole rings is 1. The van der Waals surface area contributed by atoms with Crippen LogP contribution in [0.3, 0.4) is 0 Å². The van der Waals surface area contributed by atoms with Crippen molar-refractivity contribution < 1.29 is 4.74 Å². The van der Waals surface area contributed by atoms with Gasteiger partial charge in [-0.2, -0.15) is 0 Å². The van der Waals surface area contributed by atoms with Gasteiger partial charge in [-0.15, -0.1) is 36.2 Å². The van der Waals surface area contributed by atoms with Gasteiger partial charge in [-0.05, 0) is 23.8 Å². The maximum Gasteiger partial charge on any atom is 0.123 e. The van der Waals surface area contributed by atoms with Crippen molar-refractivity contribution in [1.29, 1.82) is 0 Å². The van der Waals surface area contributed by atoms with Crippen LogP contribution < -0.4 is 10.1 Å². The monoisotopic (exact) mass is 438 g/mol. The lowest BCUT2D eigenvalue weighted by Crippen LogP contribution is -2.45. The van der Waals surface area contributed by atoms with Gasteiger partial charge in [0, 0.05) is 55.6 Å². The quantitative estimate of drug-likeness (QED) is 0.646. The maximum absolute atomic E-state index is 5.32. The fourth-order valence-corrected chi connectivity index (χ4v) is 4.12. The van der Waals surface area contributed by atoms with E-state index >= 15 is 0 Å². The normalized spacial score (nSPS) is 16.7. The molecule has 3 heterocycles. The van der Waals surface area contributed by atoms with Gasteiger partial charge in [0.25, 0.3) is 0 Å². The largest absolute Gasteiger partial charge is 0.497 e. The average Bonchev–Trinajstić information content (AvgIpc) is 3.18. The van der Waals surface area contributed by atoms with E-state index in [1.165, 1.54) is 5.56 Å². The Hall–Kier alpha value is -1.70. The lowest BCUT2D eigenvalue weighted by atomic mass is 10.1. The molecule has 8 heteroatoms. The predicted octanol–water partition coefficient (Wildman–Crippen LogP) is 4.20. The van der Waals surface area contributed by atoms with Gasteiger partial charge in [-0.25, -0.2) is 4.98 Å². The van der Waals surface area contributed by atoms with E-state index in [-0.39, 0.29) is 24.8 Å². The lowest BCUT2D eigenvalue weighted by molar-refractivity contribution is 0.152. The zero-order chi connectivity index (χ0) is 17.8. The summed E-state index contributed by atoms with van der Waals surface area (Å²) in [4.78, 5) is 11.6. The van der Waals surface area contributed by atoms with Crippen molar-refractivity contribution in [3.05, 3.63) is 65.4 Å². The Kier molecular flexibility index (Phi) is 8.66. The summed E-state index contributed by atoms with van der Waals surface area (Å²) < 4.78 is 5.32. The van der Waals surface area contributed by atoms with Crippen molar-refractivity contribution in [2.24, 2.45) is 0 Å². The molecule has 4 rings (SSSR count). The van der Waals surface area contributed by atoms with Gasteiger partial charge in [-0.3, -0.25) is 9.88 Å². The van der Waals surface area contributed by atoms with Crippen LogP contribution in [0.15, 0.2) is 54.2 Å². The Morgan fingerprint density at radius 2 is 2.14 bits per heavy atom. The van der Waals surface area contributed by atoms with Crippen LogP contribution in [0.4, 0.5) is 0 Å². The number of nitrogens with one attached hydrogen (secondary N) is 1. The van der Waals surface area contributed by atoms with Crippen molar-refractivity contribution >= 4 is 36.2 Å². The molecule has 2 aromatic heterocycles. The Morgan fingerprint density at radius 3 is 2.93 bits per heavy atom. The molecule has 0 spiro atoms. The molecule has 1 aliphatic rings. The van der Waals surface area contributed by atoms with Crippen molar-refractivity contribution in [1.82, 2.24) is 20.2 Å². The molecule has 1 unspecified atom stereocenters. The number of hydrogen-bond donors (Lipinski definition) is 1. The molecule has 0 radical (unpaired) electrons. The summed E-state index contributed by atoms with van der Waals surface area (Å²) in [5.41, 5.74) is 3.47. The van der Waals surface area contributed by atoms with Crippen LogP contribution >= 0.6 is 36.2 Å². The third kappa shape index (κ3) is 5.21. The number of rotatable bonds is 5. The average molecular weight is 439 g/mol. The highest BCUT2D eigenvalue weighted by molar-refractivity contribution is 7.13. The van der Waals surface area contributed by atoms with Crippen LogP contribution in [-0.4, -0.2) is 41.6 Å². The molecule has 1 aromatic carbocycles. The van der Waals surface area contributed by atoms with E-state index in [1.807, 2.05) is 36.7 Å². The molecular weight excluding hydrogens is 415 g/mol. The minimum Gasteiger partial charge on any atom is -0.497 e. The van der Waals surface area contributed by atoms with Crippen LogP contribution in [0.2, 0.25) is 0 Å². The molecular formula is C20H24Cl2N4OS. The fourth-order valence-electron chi connectivity index (χ4n) is 3.31. The first-order chi connectivity index (χ1) is 12.8. The van der Waals surface area contributed by atoms with Gasteiger partial charge >= 0.3 is 0 Å². The van der Waals surface area contributed by atoms with E-state index in [4.69, 9.17) is 9.72 Å². The standard InChI is InChI=1S/C20H22N4OS.2ClH/c1-25-18-6-2-4-15(10-18)20-23-17(14-26-20)13-24-9-8-22-12-19(24)16-5-3-7-21-11-16;;/h2-7,10-11,14,19,22H,8-9,12-13H2,1H3;2*1H. The highest BCUT2D eigenvalue weighted by Gasteiger charge is 2.24. The molecule has 1 N–H and O–H groups in total. The van der Waals surface area contributed by atoms with Crippen molar-refractivity contribution in [3.8, 4) is 16.3 Å². The second-order valence-electron chi connectivity index (χ2n) is 6.35. The minimum absolute atomic E-state index is 0. The van der Waals surface area contributed by atoms with Crippen LogP contribution in [-0.2, 0) is 6.54 Å². The van der Waals surface area contributed by atoms with E-state index in [0.29, 0.717) is 6.04 Å². The summed E-state index contributed by atoms with van der Waals surface area (Å²) in [7, 11) is 1.69. The molecule has 0 saturated carbocycles. The van der Waals surface area contributed by atoms with E-state index in [2.05, 4.69) is 32.7 Å². The number of halogens is 2. The van der Waals surface area contributed by atoms with Gasteiger partial charge in [0.2, 0.25) is 0 Å². The molecule has 1 saturated heterocycles. The molecule has 0 amide bonds. The Balaban J connectivity index is 0.00000140. The summed E-state index contributed by atoms with van der Waals surface area (Å²) in [6.45, 7) is 3.80. The molecule has 3 aromatic rings. The summed E-state index contributed by atoms with van der Waals surface area (Å²) in [6.07, 6.45) is 3.79. The summed E-state index contributed by atoms with van der Waals surface area (Å²) in [6, 6.07) is 12.6. The second-order valence-corrected chi connectivity index (χ2v) is 7.21. The van der Waals surface area contributed by atoms with Crippen molar-refractivity contribution in [3.63, 3.8) is 0 Å². The number of pyridine rings is 1. The number of ether oxygens (including phenoxy) is 1. The smallest absolute Gasteiger partial charge is 0.123 e. The van der Waals surface area contributed by atoms with Crippen molar-refractivity contribution in [2.75, 3.05) is 26.7 Å². The molecule has 0 aliphatic carbocycles. The zero-order valence-corrected chi connectivity index (χ0v) is 18.0. The number of hydrogen-bond acceptors (Lipinski definition) is 6. The molecule has 1 aliphatic heterocycles. The van der Waals surface area contributed by atoms with Gasteiger partial charge in [0.15, 0.2) is 0 Å². The van der Waals surface area contributed by atoms with E-state index < -0.39 is 0 Å². The topological polar surface area (TPSA) is 50.3 Å². The third-order valence-corrected chi connectivity index (χ3v) is 5.60. The van der Waals surface area contributed by atoms with Crippen LogP contribution in [0.1, 0.15) is 17.3 Å². The highest BCUT2D eigenvalue weighted by Crippen LogP contribution is 2.29. The van der Waals surface area contributed by atoms with Gasteiger partial charge in [-0.1, -0.05) is 18.2 Å². The molecule has 5 nitrogen and oxygen atoms in total. The lowest BCUT2D eigenvalue weighted by Gasteiger charge is -2.35. The van der Waals surface area contributed by atoms with E-state index in [0.717, 1.165) is 48.2 Å². The summed E-state index contributed by atoms with van der Waals surface area (Å²) in [5.74, 6) is 0.859. The molecule has 0 bridgehead atoms. The SMILES string of the molecule is COc1cccc(-c2nc(CN3CCNCC3c3cccnc3)cs2)c1.Cl.Cl. The first-order valence-electron chi connectivity index (χ1n) is 8.77. The van der Waals surface area contributed by atoms with Crippen LogP contribution in [0.25, 0.3) is 10.6 Å². The Labute approximate surface area is 182 Å². The number of benzene rings is 1. The van der Waals surface area contributed by atoms with E-state index in [9.17, 15) is 0 Å².